The van der Waals surface area contributed by atoms with Gasteiger partial charge in [-0.15, -0.1) is 0 Å². The zero-order valence-electron chi connectivity index (χ0n) is 19.8. The number of ether oxygens (including phenoxy) is 1. The predicted molar refractivity (Wildman–Crippen MR) is 135 cm³/mol. The summed E-state index contributed by atoms with van der Waals surface area (Å²) in [7, 11) is 0. The Hall–Kier alpha value is -3.93. The van der Waals surface area contributed by atoms with Gasteiger partial charge in [0.1, 0.15) is 12.1 Å². The first-order valence-electron chi connectivity index (χ1n) is 12.7. The Morgan fingerprint density at radius 1 is 0.917 bits per heavy atom. The predicted octanol–water partition coefficient (Wildman–Crippen LogP) is 6.20. The van der Waals surface area contributed by atoms with Crippen molar-refractivity contribution in [3.63, 3.8) is 0 Å². The van der Waals surface area contributed by atoms with Crippen LogP contribution in [0, 0.1) is 5.92 Å². The fourth-order valence-corrected chi connectivity index (χ4v) is 6.60. The van der Waals surface area contributed by atoms with Gasteiger partial charge in [0.25, 0.3) is 0 Å². The summed E-state index contributed by atoms with van der Waals surface area (Å²) >= 11 is 0. The van der Waals surface area contributed by atoms with Gasteiger partial charge in [0.15, 0.2) is 17.8 Å². The molecule has 2 unspecified atom stereocenters. The third-order valence-corrected chi connectivity index (χ3v) is 8.27. The van der Waals surface area contributed by atoms with Crippen LogP contribution < -0.4 is 0 Å². The second kappa shape index (κ2) is 8.33. The van der Waals surface area contributed by atoms with Gasteiger partial charge in [-0.3, -0.25) is 4.79 Å². The molecule has 3 heterocycles. The smallest absolute Gasteiger partial charge is 0.410 e. The number of benzene rings is 3. The maximum Gasteiger partial charge on any atom is 0.410 e. The first-order chi connectivity index (χ1) is 17.7. The SMILES string of the molecule is O=C(c1ccc2ocnc2c1)C1CC2CCC(C1)N2C(=O)OCC1c2ccccc2-c2ccccc21. The van der Waals surface area contributed by atoms with Crippen LogP contribution in [-0.4, -0.2) is 40.5 Å². The lowest BCUT2D eigenvalue weighted by molar-refractivity contribution is 0.0506. The minimum absolute atomic E-state index is 0.0455. The van der Waals surface area contributed by atoms with E-state index in [1.807, 2.05) is 23.1 Å². The quantitative estimate of drug-likeness (QED) is 0.327. The van der Waals surface area contributed by atoms with E-state index in [4.69, 9.17) is 9.15 Å². The lowest BCUT2D eigenvalue weighted by Crippen LogP contribution is -2.48. The van der Waals surface area contributed by atoms with Gasteiger partial charge in [0.05, 0.1) is 0 Å². The van der Waals surface area contributed by atoms with Gasteiger partial charge in [0.2, 0.25) is 0 Å². The molecular formula is C30H26N2O4. The highest BCUT2D eigenvalue weighted by atomic mass is 16.6. The van der Waals surface area contributed by atoms with E-state index in [0.717, 1.165) is 12.8 Å². The molecular weight excluding hydrogens is 452 g/mol. The number of carbonyl (C=O) groups excluding carboxylic acids is 2. The van der Waals surface area contributed by atoms with Gasteiger partial charge in [-0.25, -0.2) is 9.78 Å². The van der Waals surface area contributed by atoms with Crippen LogP contribution in [0.5, 0.6) is 0 Å². The molecule has 0 N–H and O–H groups in total. The molecule has 1 amide bonds. The molecule has 2 aliphatic heterocycles. The van der Waals surface area contributed by atoms with Crippen molar-refractivity contribution in [2.24, 2.45) is 5.92 Å². The molecule has 36 heavy (non-hydrogen) atoms. The number of amides is 1. The molecule has 4 aromatic rings. The molecule has 6 nitrogen and oxygen atoms in total. The summed E-state index contributed by atoms with van der Waals surface area (Å²) in [6.07, 6.45) is 4.33. The van der Waals surface area contributed by atoms with Crippen molar-refractivity contribution in [3.05, 3.63) is 89.8 Å². The van der Waals surface area contributed by atoms with E-state index < -0.39 is 0 Å². The van der Waals surface area contributed by atoms with Gasteiger partial charge in [0, 0.05) is 29.5 Å². The Morgan fingerprint density at radius 3 is 2.28 bits per heavy atom. The van der Waals surface area contributed by atoms with Crippen LogP contribution in [0.2, 0.25) is 0 Å². The number of piperidine rings is 1. The Morgan fingerprint density at radius 2 is 1.58 bits per heavy atom. The van der Waals surface area contributed by atoms with Crippen molar-refractivity contribution in [1.29, 1.82) is 0 Å². The van der Waals surface area contributed by atoms with E-state index in [1.165, 1.54) is 28.6 Å². The van der Waals surface area contributed by atoms with Gasteiger partial charge in [-0.05, 0) is 66.1 Å². The summed E-state index contributed by atoms with van der Waals surface area (Å²) in [6.45, 7) is 0.322. The number of carbonyl (C=O) groups is 2. The summed E-state index contributed by atoms with van der Waals surface area (Å²) < 4.78 is 11.3. The standard InChI is InChI=1S/C30H26N2O4/c33-29(18-9-12-28-27(15-18)31-17-36-28)19-13-20-10-11-21(14-19)32(20)30(34)35-16-26-24-7-3-1-5-22(24)23-6-2-4-8-25(23)26/h1-9,12,15,17,19-21,26H,10-11,13-14,16H2. The van der Waals surface area contributed by atoms with E-state index in [-0.39, 0.29) is 35.8 Å². The van der Waals surface area contributed by atoms with E-state index in [1.54, 1.807) is 12.1 Å². The van der Waals surface area contributed by atoms with Crippen molar-refractivity contribution in [2.45, 2.75) is 43.7 Å². The Balaban J connectivity index is 1.05. The van der Waals surface area contributed by atoms with Gasteiger partial charge >= 0.3 is 6.09 Å². The number of Topliss-reactive ketones (excluding diaryl/α,β-unsaturated/α-hetero) is 1. The number of nitrogens with zero attached hydrogens (tertiary/aromatic N) is 2. The minimum Gasteiger partial charge on any atom is -0.448 e. The fraction of sp³-hybridized carbons (Fsp3) is 0.300. The van der Waals surface area contributed by atoms with E-state index in [0.29, 0.717) is 36.1 Å². The normalized spacial score (nSPS) is 22.4. The average molecular weight is 479 g/mol. The number of rotatable bonds is 4. The molecule has 2 saturated heterocycles. The van der Waals surface area contributed by atoms with Gasteiger partial charge in [-0.1, -0.05) is 48.5 Å². The number of fused-ring (bicyclic) bond motifs is 6. The van der Waals surface area contributed by atoms with E-state index in [9.17, 15) is 9.59 Å². The number of hydrogen-bond acceptors (Lipinski definition) is 5. The largest absolute Gasteiger partial charge is 0.448 e. The average Bonchev–Trinajstić information content (AvgIpc) is 3.59. The summed E-state index contributed by atoms with van der Waals surface area (Å²) in [5.41, 5.74) is 6.90. The third-order valence-electron chi connectivity index (χ3n) is 8.27. The first kappa shape index (κ1) is 21.4. The molecule has 0 radical (unpaired) electrons. The fourth-order valence-electron chi connectivity index (χ4n) is 6.60. The monoisotopic (exact) mass is 478 g/mol. The third kappa shape index (κ3) is 3.35. The molecule has 2 fully saturated rings. The molecule has 180 valence electrons. The van der Waals surface area contributed by atoms with Crippen molar-refractivity contribution < 1.29 is 18.7 Å². The molecule has 1 aromatic heterocycles. The van der Waals surface area contributed by atoms with Crippen LogP contribution in [0.15, 0.2) is 77.5 Å². The van der Waals surface area contributed by atoms with E-state index >= 15 is 0 Å². The minimum atomic E-state index is -0.251. The maximum atomic E-state index is 13.3. The lowest BCUT2D eigenvalue weighted by Gasteiger charge is -2.37. The summed E-state index contributed by atoms with van der Waals surface area (Å²) in [5, 5.41) is 0. The first-order valence-corrected chi connectivity index (χ1v) is 12.7. The molecule has 2 atom stereocenters. The number of ketones is 1. The molecule has 7 rings (SSSR count). The number of aromatic nitrogens is 1. The summed E-state index contributed by atoms with van der Waals surface area (Å²) in [5.74, 6) is 0.0815. The zero-order valence-corrected chi connectivity index (χ0v) is 19.8. The van der Waals surface area contributed by atoms with Crippen molar-refractivity contribution in [3.8, 4) is 11.1 Å². The van der Waals surface area contributed by atoms with Crippen LogP contribution in [-0.2, 0) is 4.74 Å². The highest BCUT2D eigenvalue weighted by molar-refractivity contribution is 6.00. The zero-order chi connectivity index (χ0) is 24.2. The van der Waals surface area contributed by atoms with Crippen LogP contribution in [0.4, 0.5) is 4.79 Å². The Kier molecular flexibility index (Phi) is 4.94. The van der Waals surface area contributed by atoms with Crippen molar-refractivity contribution in [2.75, 3.05) is 6.61 Å². The topological polar surface area (TPSA) is 72.6 Å². The molecule has 2 bridgehead atoms. The Labute approximate surface area is 208 Å². The van der Waals surface area contributed by atoms with E-state index in [2.05, 4.69) is 41.4 Å². The molecule has 6 heteroatoms. The summed E-state index contributed by atoms with van der Waals surface area (Å²) in [4.78, 5) is 32.7. The van der Waals surface area contributed by atoms with Gasteiger partial charge < -0.3 is 14.1 Å². The van der Waals surface area contributed by atoms with Gasteiger partial charge in [-0.2, -0.15) is 0 Å². The van der Waals surface area contributed by atoms with Crippen molar-refractivity contribution in [1.82, 2.24) is 9.88 Å². The van der Waals surface area contributed by atoms with Crippen LogP contribution in [0.25, 0.3) is 22.2 Å². The van der Waals surface area contributed by atoms with Crippen LogP contribution in [0.3, 0.4) is 0 Å². The number of hydrogen-bond donors (Lipinski definition) is 0. The number of oxazole rings is 1. The van der Waals surface area contributed by atoms with Crippen LogP contribution >= 0.6 is 0 Å². The molecule has 0 saturated carbocycles. The highest BCUT2D eigenvalue weighted by Crippen LogP contribution is 2.45. The second-order valence-electron chi connectivity index (χ2n) is 10.2. The Bertz CT molecular complexity index is 1430. The lowest BCUT2D eigenvalue weighted by atomic mass is 9.85. The second-order valence-corrected chi connectivity index (χ2v) is 10.2. The highest BCUT2D eigenvalue weighted by Gasteiger charge is 2.46. The maximum absolute atomic E-state index is 13.3. The molecule has 3 aliphatic rings. The molecule has 3 aromatic carbocycles. The molecule has 1 aliphatic carbocycles. The molecule has 0 spiro atoms. The van der Waals surface area contributed by atoms with Crippen molar-refractivity contribution >= 4 is 23.0 Å². The van der Waals surface area contributed by atoms with Crippen LogP contribution in [0.1, 0.15) is 53.1 Å². The summed E-state index contributed by atoms with van der Waals surface area (Å²) in [6, 6.07) is 22.2.